The first-order valence-corrected chi connectivity index (χ1v) is 6.44. The van der Waals surface area contributed by atoms with Crippen LogP contribution in [0.4, 0.5) is 5.69 Å². The highest BCUT2D eigenvalue weighted by atomic mass is 35.5. The number of methoxy groups -OCH3 is 1. The van der Waals surface area contributed by atoms with Crippen molar-refractivity contribution in [1.29, 1.82) is 0 Å². The maximum Gasteiger partial charge on any atom is 0.331 e. The molecule has 1 aliphatic heterocycles. The van der Waals surface area contributed by atoms with E-state index in [0.29, 0.717) is 23.9 Å². The van der Waals surface area contributed by atoms with Gasteiger partial charge in [0.25, 0.3) is 5.91 Å². The van der Waals surface area contributed by atoms with E-state index in [4.69, 9.17) is 22.1 Å². The van der Waals surface area contributed by atoms with E-state index >= 15 is 0 Å². The topological polar surface area (TPSA) is 81.9 Å². The maximum atomic E-state index is 12.5. The summed E-state index contributed by atoms with van der Waals surface area (Å²) in [7, 11) is 1.27. The molecule has 1 amide bonds. The summed E-state index contributed by atoms with van der Waals surface area (Å²) in [4.78, 5) is 25.6. The number of rotatable bonds is 2. The molecule has 20 heavy (non-hydrogen) atoms. The van der Waals surface area contributed by atoms with Gasteiger partial charge in [-0.15, -0.1) is 0 Å². The van der Waals surface area contributed by atoms with Gasteiger partial charge in [0.05, 0.1) is 30.9 Å². The Morgan fingerprint density at radius 1 is 1.50 bits per heavy atom. The highest BCUT2D eigenvalue weighted by Gasteiger charge is 2.34. The number of esters is 1. The summed E-state index contributed by atoms with van der Waals surface area (Å²) in [6.45, 7) is 0.765. The largest absolute Gasteiger partial charge is 0.467 e. The zero-order valence-corrected chi connectivity index (χ0v) is 11.7. The zero-order valence-electron chi connectivity index (χ0n) is 11.0. The molecule has 108 valence electrons. The third-order valence-corrected chi connectivity index (χ3v) is 3.41. The van der Waals surface area contributed by atoms with Crippen LogP contribution in [0.2, 0.25) is 5.02 Å². The van der Waals surface area contributed by atoms with Crippen molar-refractivity contribution in [2.45, 2.75) is 6.04 Å². The molecule has 2 N–H and O–H groups in total. The molecule has 2 rings (SSSR count). The SMILES string of the molecule is COC(=O)C1COCCN1C(=O)c1cc(N)ccc1Cl. The Morgan fingerprint density at radius 2 is 2.25 bits per heavy atom. The number of amides is 1. The molecule has 0 radical (unpaired) electrons. The molecule has 1 saturated heterocycles. The molecule has 1 heterocycles. The quantitative estimate of drug-likeness (QED) is 0.649. The number of anilines is 1. The molecule has 0 saturated carbocycles. The number of halogens is 1. The lowest BCUT2D eigenvalue weighted by atomic mass is 10.1. The van der Waals surface area contributed by atoms with E-state index in [-0.39, 0.29) is 18.1 Å². The third kappa shape index (κ3) is 2.86. The van der Waals surface area contributed by atoms with Crippen molar-refractivity contribution in [1.82, 2.24) is 4.90 Å². The Bertz CT molecular complexity index is 535. The first-order valence-electron chi connectivity index (χ1n) is 6.06. The predicted molar refractivity (Wildman–Crippen MR) is 73.5 cm³/mol. The highest BCUT2D eigenvalue weighted by molar-refractivity contribution is 6.34. The molecule has 1 fully saturated rings. The monoisotopic (exact) mass is 298 g/mol. The summed E-state index contributed by atoms with van der Waals surface area (Å²) >= 11 is 6.02. The first kappa shape index (κ1) is 14.6. The molecule has 6 nitrogen and oxygen atoms in total. The van der Waals surface area contributed by atoms with Gasteiger partial charge in [0.2, 0.25) is 0 Å². The number of ether oxygens (including phenoxy) is 2. The molecule has 1 aromatic carbocycles. The van der Waals surface area contributed by atoms with E-state index in [1.54, 1.807) is 12.1 Å². The standard InChI is InChI=1S/C13H15ClN2O4/c1-19-13(18)11-7-20-5-4-16(11)12(17)9-6-8(15)2-3-10(9)14/h2-3,6,11H,4-5,7,15H2,1H3. The van der Waals surface area contributed by atoms with E-state index in [9.17, 15) is 9.59 Å². The summed E-state index contributed by atoms with van der Waals surface area (Å²) < 4.78 is 9.91. The molecule has 0 spiro atoms. The van der Waals surface area contributed by atoms with Crippen LogP contribution >= 0.6 is 11.6 Å². The van der Waals surface area contributed by atoms with Gasteiger partial charge in [-0.05, 0) is 18.2 Å². The van der Waals surface area contributed by atoms with Crippen LogP contribution in [0.25, 0.3) is 0 Å². The molecule has 1 aliphatic rings. The van der Waals surface area contributed by atoms with Crippen LogP contribution in [0.5, 0.6) is 0 Å². The van der Waals surface area contributed by atoms with Gasteiger partial charge in [0.15, 0.2) is 6.04 Å². The number of nitrogen functional groups attached to an aromatic ring is 1. The minimum atomic E-state index is -0.765. The van der Waals surface area contributed by atoms with Crippen molar-refractivity contribution >= 4 is 29.2 Å². The van der Waals surface area contributed by atoms with E-state index in [1.807, 2.05) is 0 Å². The third-order valence-electron chi connectivity index (χ3n) is 3.08. The fourth-order valence-electron chi connectivity index (χ4n) is 2.04. The molecule has 0 aromatic heterocycles. The molecule has 1 aromatic rings. The molecule has 1 atom stereocenters. The van der Waals surface area contributed by atoms with Crippen molar-refractivity contribution in [3.63, 3.8) is 0 Å². The van der Waals surface area contributed by atoms with Crippen LogP contribution in [-0.4, -0.2) is 49.7 Å². The van der Waals surface area contributed by atoms with E-state index in [0.717, 1.165) is 0 Å². The highest BCUT2D eigenvalue weighted by Crippen LogP contribution is 2.22. The summed E-state index contributed by atoms with van der Waals surface area (Å²) in [5, 5.41) is 0.291. The Kier molecular flexibility index (Phi) is 4.46. The number of carbonyl (C=O) groups excluding carboxylic acids is 2. The van der Waals surface area contributed by atoms with Gasteiger partial charge < -0.3 is 20.1 Å². The van der Waals surface area contributed by atoms with Crippen molar-refractivity contribution in [2.75, 3.05) is 32.6 Å². The zero-order chi connectivity index (χ0) is 14.7. The number of hydrogen-bond donors (Lipinski definition) is 1. The van der Waals surface area contributed by atoms with E-state index in [1.165, 1.54) is 18.1 Å². The smallest absolute Gasteiger partial charge is 0.331 e. The van der Waals surface area contributed by atoms with Gasteiger partial charge in [-0.2, -0.15) is 0 Å². The normalized spacial score (nSPS) is 18.7. The molecule has 1 unspecified atom stereocenters. The summed E-state index contributed by atoms with van der Waals surface area (Å²) in [6, 6.07) is 3.89. The van der Waals surface area contributed by atoms with Crippen LogP contribution in [-0.2, 0) is 14.3 Å². The Balaban J connectivity index is 2.30. The average Bonchev–Trinajstić information content (AvgIpc) is 2.48. The van der Waals surface area contributed by atoms with Gasteiger partial charge in [-0.25, -0.2) is 4.79 Å². The second-order valence-electron chi connectivity index (χ2n) is 4.35. The molecule has 7 heteroatoms. The summed E-state index contributed by atoms with van der Waals surface area (Å²) in [5.41, 5.74) is 6.37. The lowest BCUT2D eigenvalue weighted by Crippen LogP contribution is -2.53. The number of nitrogens with two attached hydrogens (primary N) is 1. The van der Waals surface area contributed by atoms with Crippen molar-refractivity contribution in [2.24, 2.45) is 0 Å². The number of nitrogens with zero attached hydrogens (tertiary/aromatic N) is 1. The van der Waals surface area contributed by atoms with Crippen LogP contribution in [0.15, 0.2) is 18.2 Å². The lowest BCUT2D eigenvalue weighted by Gasteiger charge is -2.33. The fraction of sp³-hybridized carbons (Fsp3) is 0.385. The average molecular weight is 299 g/mol. The van der Waals surface area contributed by atoms with Gasteiger partial charge in [0.1, 0.15) is 0 Å². The number of morpholine rings is 1. The summed E-state index contributed by atoms with van der Waals surface area (Å²) in [5.74, 6) is -0.876. The van der Waals surface area contributed by atoms with Crippen LogP contribution in [0.1, 0.15) is 10.4 Å². The predicted octanol–water partition coefficient (Wildman–Crippen LogP) is 0.936. The van der Waals surface area contributed by atoms with Crippen LogP contribution in [0, 0.1) is 0 Å². The van der Waals surface area contributed by atoms with E-state index < -0.39 is 12.0 Å². The van der Waals surface area contributed by atoms with Gasteiger partial charge in [-0.1, -0.05) is 11.6 Å². The van der Waals surface area contributed by atoms with Crippen molar-refractivity contribution in [3.8, 4) is 0 Å². The van der Waals surface area contributed by atoms with Crippen molar-refractivity contribution < 1.29 is 19.1 Å². The number of benzene rings is 1. The van der Waals surface area contributed by atoms with Crippen molar-refractivity contribution in [3.05, 3.63) is 28.8 Å². The Morgan fingerprint density at radius 3 is 2.95 bits per heavy atom. The molecule has 0 aliphatic carbocycles. The number of carbonyl (C=O) groups is 2. The minimum absolute atomic E-state index is 0.109. The van der Waals surface area contributed by atoms with Gasteiger partial charge in [-0.3, -0.25) is 4.79 Å². The Labute approximate surface area is 121 Å². The second kappa shape index (κ2) is 6.11. The minimum Gasteiger partial charge on any atom is -0.467 e. The maximum absolute atomic E-state index is 12.5. The molecular formula is C13H15ClN2O4. The molecule has 0 bridgehead atoms. The summed E-state index contributed by atoms with van der Waals surface area (Å²) in [6.07, 6.45) is 0. The van der Waals surface area contributed by atoms with E-state index in [2.05, 4.69) is 4.74 Å². The second-order valence-corrected chi connectivity index (χ2v) is 4.76. The Hall–Kier alpha value is -1.79. The first-order chi connectivity index (χ1) is 9.54. The fourth-order valence-corrected chi connectivity index (χ4v) is 2.24. The van der Waals surface area contributed by atoms with Gasteiger partial charge in [0, 0.05) is 12.2 Å². The lowest BCUT2D eigenvalue weighted by molar-refractivity contribution is -0.151. The molecular weight excluding hydrogens is 284 g/mol. The van der Waals surface area contributed by atoms with Crippen LogP contribution < -0.4 is 5.73 Å². The number of hydrogen-bond acceptors (Lipinski definition) is 5. The van der Waals surface area contributed by atoms with Gasteiger partial charge >= 0.3 is 5.97 Å². The van der Waals surface area contributed by atoms with Crippen LogP contribution in [0.3, 0.4) is 0 Å².